The van der Waals surface area contributed by atoms with Gasteiger partial charge in [-0.05, 0) is 18.8 Å². The van der Waals surface area contributed by atoms with Gasteiger partial charge in [0.1, 0.15) is 0 Å². The van der Waals surface area contributed by atoms with Crippen molar-refractivity contribution >= 4 is 11.9 Å². The molecule has 6 nitrogen and oxygen atoms in total. The maximum Gasteiger partial charge on any atom is 0.303 e. The highest BCUT2D eigenvalue weighted by Crippen LogP contribution is 2.19. The molecule has 0 radical (unpaired) electrons. The second-order valence-corrected chi connectivity index (χ2v) is 3.45. The first kappa shape index (κ1) is 13.9. The van der Waals surface area contributed by atoms with Gasteiger partial charge in [-0.15, -0.1) is 0 Å². The molecule has 0 saturated heterocycles. The molecule has 0 aliphatic carbocycles. The lowest BCUT2D eigenvalue weighted by atomic mass is 9.94. The standard InChI is InChI=1S/C9H16O6/c10-7(11)3-1-6(5-9(14)15)2-4-8(12)13/h6,9,14-15H,1-5H2,(H,10,11)(H,12,13). The fraction of sp³-hybridized carbons (Fsp3) is 0.778. The van der Waals surface area contributed by atoms with Gasteiger partial charge in [-0.2, -0.15) is 0 Å². The quantitative estimate of drug-likeness (QED) is 0.429. The number of carbonyl (C=O) groups is 2. The lowest BCUT2D eigenvalue weighted by Crippen LogP contribution is -2.15. The minimum Gasteiger partial charge on any atom is -0.481 e. The van der Waals surface area contributed by atoms with Crippen LogP contribution in [0.5, 0.6) is 0 Å². The first-order chi connectivity index (χ1) is 6.91. The van der Waals surface area contributed by atoms with Gasteiger partial charge in [-0.25, -0.2) is 0 Å². The zero-order chi connectivity index (χ0) is 11.8. The summed E-state index contributed by atoms with van der Waals surface area (Å²) in [7, 11) is 0. The summed E-state index contributed by atoms with van der Waals surface area (Å²) in [6.45, 7) is 0. The van der Waals surface area contributed by atoms with Crippen molar-refractivity contribution in [3.05, 3.63) is 0 Å². The molecular formula is C9H16O6. The van der Waals surface area contributed by atoms with Crippen LogP contribution in [0.4, 0.5) is 0 Å². The number of aliphatic hydroxyl groups is 2. The van der Waals surface area contributed by atoms with Crippen LogP contribution in [-0.2, 0) is 9.59 Å². The SMILES string of the molecule is O=C(O)CCC(CCC(=O)O)CC(O)O. The van der Waals surface area contributed by atoms with Gasteiger partial charge in [0.15, 0.2) is 6.29 Å². The molecule has 0 fully saturated rings. The van der Waals surface area contributed by atoms with E-state index in [1.165, 1.54) is 0 Å². The summed E-state index contributed by atoms with van der Waals surface area (Å²) in [5.41, 5.74) is 0. The Labute approximate surface area is 87.2 Å². The molecule has 4 N–H and O–H groups in total. The van der Waals surface area contributed by atoms with E-state index in [0.717, 1.165) is 0 Å². The summed E-state index contributed by atoms with van der Waals surface area (Å²) in [6.07, 6.45) is -1.15. The first-order valence-corrected chi connectivity index (χ1v) is 4.71. The highest BCUT2D eigenvalue weighted by atomic mass is 16.5. The molecule has 0 unspecified atom stereocenters. The van der Waals surface area contributed by atoms with Crippen molar-refractivity contribution in [2.24, 2.45) is 5.92 Å². The number of rotatable bonds is 8. The predicted molar refractivity (Wildman–Crippen MR) is 50.1 cm³/mol. The van der Waals surface area contributed by atoms with Gasteiger partial charge < -0.3 is 20.4 Å². The number of hydrogen-bond donors (Lipinski definition) is 4. The second-order valence-electron chi connectivity index (χ2n) is 3.45. The van der Waals surface area contributed by atoms with Gasteiger partial charge in [-0.1, -0.05) is 0 Å². The number of aliphatic hydroxyl groups excluding tert-OH is 1. The topological polar surface area (TPSA) is 115 Å². The molecule has 6 heteroatoms. The molecule has 0 heterocycles. The van der Waals surface area contributed by atoms with Crippen LogP contribution < -0.4 is 0 Å². The van der Waals surface area contributed by atoms with Crippen molar-refractivity contribution in [1.82, 2.24) is 0 Å². The van der Waals surface area contributed by atoms with E-state index in [9.17, 15) is 9.59 Å². The third-order valence-corrected chi connectivity index (χ3v) is 2.08. The summed E-state index contributed by atoms with van der Waals surface area (Å²) in [5, 5.41) is 34.3. The van der Waals surface area contributed by atoms with Crippen molar-refractivity contribution in [2.45, 2.75) is 38.4 Å². The Morgan fingerprint density at radius 3 is 1.60 bits per heavy atom. The van der Waals surface area contributed by atoms with E-state index in [2.05, 4.69) is 0 Å². The van der Waals surface area contributed by atoms with Crippen LogP contribution in [0.1, 0.15) is 32.1 Å². The van der Waals surface area contributed by atoms with Gasteiger partial charge in [-0.3, -0.25) is 9.59 Å². The molecule has 0 aromatic rings. The fourth-order valence-electron chi connectivity index (χ4n) is 1.33. The summed E-state index contributed by atoms with van der Waals surface area (Å²) in [5.74, 6) is -2.22. The van der Waals surface area contributed by atoms with Crippen molar-refractivity contribution < 1.29 is 30.0 Å². The Kier molecular flexibility index (Phi) is 6.64. The zero-order valence-electron chi connectivity index (χ0n) is 8.30. The molecule has 0 spiro atoms. The molecule has 0 saturated carbocycles. The zero-order valence-corrected chi connectivity index (χ0v) is 8.30. The molecular weight excluding hydrogens is 204 g/mol. The van der Waals surface area contributed by atoms with E-state index in [0.29, 0.717) is 0 Å². The largest absolute Gasteiger partial charge is 0.481 e. The maximum atomic E-state index is 10.3. The molecule has 88 valence electrons. The van der Waals surface area contributed by atoms with Crippen molar-refractivity contribution in [3.63, 3.8) is 0 Å². The monoisotopic (exact) mass is 220 g/mol. The Bertz CT molecular complexity index is 195. The first-order valence-electron chi connectivity index (χ1n) is 4.71. The summed E-state index contributed by atoms with van der Waals surface area (Å²) < 4.78 is 0. The Morgan fingerprint density at radius 1 is 0.933 bits per heavy atom. The summed E-state index contributed by atoms with van der Waals surface area (Å²) in [4.78, 5) is 20.6. The van der Waals surface area contributed by atoms with E-state index >= 15 is 0 Å². The molecule has 0 aliphatic heterocycles. The number of hydrogen-bond acceptors (Lipinski definition) is 4. The van der Waals surface area contributed by atoms with Crippen LogP contribution in [-0.4, -0.2) is 38.7 Å². The summed E-state index contributed by atoms with van der Waals surface area (Å²) >= 11 is 0. The van der Waals surface area contributed by atoms with E-state index in [1.807, 2.05) is 0 Å². The third kappa shape index (κ3) is 9.17. The van der Waals surface area contributed by atoms with Crippen molar-refractivity contribution in [3.8, 4) is 0 Å². The second kappa shape index (κ2) is 7.19. The third-order valence-electron chi connectivity index (χ3n) is 2.08. The van der Waals surface area contributed by atoms with Gasteiger partial charge in [0, 0.05) is 19.3 Å². The predicted octanol–water partition coefficient (Wildman–Crippen LogP) is 0.0330. The number of carboxylic acids is 2. The Balaban J connectivity index is 3.94. The molecule has 15 heavy (non-hydrogen) atoms. The molecule has 0 atom stereocenters. The van der Waals surface area contributed by atoms with Crippen LogP contribution >= 0.6 is 0 Å². The highest BCUT2D eigenvalue weighted by Gasteiger charge is 2.15. The number of aliphatic carboxylic acids is 2. The van der Waals surface area contributed by atoms with E-state index in [-0.39, 0.29) is 38.0 Å². The molecule has 0 aromatic carbocycles. The Morgan fingerprint density at radius 2 is 1.33 bits per heavy atom. The van der Waals surface area contributed by atoms with Gasteiger partial charge >= 0.3 is 11.9 Å². The van der Waals surface area contributed by atoms with E-state index in [1.54, 1.807) is 0 Å². The van der Waals surface area contributed by atoms with Crippen LogP contribution in [0, 0.1) is 5.92 Å². The molecule has 0 rings (SSSR count). The lowest BCUT2D eigenvalue weighted by Gasteiger charge is -2.15. The van der Waals surface area contributed by atoms with Crippen LogP contribution in [0.25, 0.3) is 0 Å². The van der Waals surface area contributed by atoms with E-state index in [4.69, 9.17) is 20.4 Å². The minimum absolute atomic E-state index is 0.0144. The molecule has 0 bridgehead atoms. The lowest BCUT2D eigenvalue weighted by molar-refractivity contribution is -0.137. The average Bonchev–Trinajstić information content (AvgIpc) is 2.08. The summed E-state index contributed by atoms with van der Waals surface area (Å²) in [6, 6.07) is 0. The number of carboxylic acid groups (broad SMARTS) is 2. The van der Waals surface area contributed by atoms with Gasteiger partial charge in [0.2, 0.25) is 0 Å². The van der Waals surface area contributed by atoms with Crippen molar-refractivity contribution in [1.29, 1.82) is 0 Å². The average molecular weight is 220 g/mol. The van der Waals surface area contributed by atoms with E-state index < -0.39 is 18.2 Å². The normalized spacial score (nSPS) is 10.9. The maximum absolute atomic E-state index is 10.3. The van der Waals surface area contributed by atoms with Gasteiger partial charge in [0.05, 0.1) is 0 Å². The van der Waals surface area contributed by atoms with Crippen LogP contribution in [0.2, 0.25) is 0 Å². The minimum atomic E-state index is -1.52. The van der Waals surface area contributed by atoms with Crippen molar-refractivity contribution in [2.75, 3.05) is 0 Å². The molecule has 0 amide bonds. The molecule has 0 aliphatic rings. The Hall–Kier alpha value is -1.14. The fourth-order valence-corrected chi connectivity index (χ4v) is 1.33. The van der Waals surface area contributed by atoms with Crippen LogP contribution in [0.15, 0.2) is 0 Å². The molecule has 0 aromatic heterocycles. The highest BCUT2D eigenvalue weighted by molar-refractivity contribution is 5.67. The van der Waals surface area contributed by atoms with Gasteiger partial charge in [0.25, 0.3) is 0 Å². The van der Waals surface area contributed by atoms with Crippen LogP contribution in [0.3, 0.4) is 0 Å². The smallest absolute Gasteiger partial charge is 0.303 e.